The second-order valence-corrected chi connectivity index (χ2v) is 5.11. The molecule has 0 amide bonds. The Bertz CT molecular complexity index is 448. The van der Waals surface area contributed by atoms with E-state index in [-0.39, 0.29) is 36.5 Å². The number of ketones is 1. The fourth-order valence-corrected chi connectivity index (χ4v) is 2.49. The zero-order valence-electron chi connectivity index (χ0n) is 10.2. The normalized spacial score (nSPS) is 22.1. The third-order valence-electron chi connectivity index (χ3n) is 3.34. The van der Waals surface area contributed by atoms with Gasteiger partial charge in [-0.3, -0.25) is 4.79 Å². The van der Waals surface area contributed by atoms with Gasteiger partial charge in [-0.15, -0.1) is 0 Å². The number of Topliss-reactive ketones (excluding diaryl/α,β-unsaturated/α-hetero) is 1. The molecule has 0 heterocycles. The van der Waals surface area contributed by atoms with Gasteiger partial charge in [-0.2, -0.15) is 0 Å². The van der Waals surface area contributed by atoms with Crippen molar-refractivity contribution in [3.63, 3.8) is 0 Å². The molecule has 0 aliphatic heterocycles. The number of alkyl halides is 2. The Labute approximate surface area is 104 Å². The summed E-state index contributed by atoms with van der Waals surface area (Å²) in [5.41, 5.74) is 0.942. The Morgan fingerprint density at radius 1 is 1.39 bits per heavy atom. The highest BCUT2D eigenvalue weighted by atomic mass is 19.3. The van der Waals surface area contributed by atoms with Gasteiger partial charge in [0, 0.05) is 24.8 Å². The van der Waals surface area contributed by atoms with Gasteiger partial charge in [-0.05, 0) is 43.0 Å². The molecule has 1 aromatic carbocycles. The summed E-state index contributed by atoms with van der Waals surface area (Å²) in [5, 5.41) is 0. The molecule has 1 aromatic rings. The molecule has 1 nitrogen and oxygen atoms in total. The van der Waals surface area contributed by atoms with Crippen molar-refractivity contribution in [1.29, 1.82) is 0 Å². The van der Waals surface area contributed by atoms with Crippen LogP contribution in [0.5, 0.6) is 0 Å². The standard InChI is InChI=1S/C14H15F3O/c1-9-4-11(7-12(15)5-9)13(18)6-10-2-3-14(16,17)8-10/h4-5,7,10H,2-3,6,8H2,1H3. The maximum atomic E-state index is 13.2. The van der Waals surface area contributed by atoms with Crippen molar-refractivity contribution in [3.05, 3.63) is 35.1 Å². The maximum absolute atomic E-state index is 13.2. The van der Waals surface area contributed by atoms with Gasteiger partial charge < -0.3 is 0 Å². The zero-order valence-corrected chi connectivity index (χ0v) is 10.2. The Balaban J connectivity index is 2.04. The first kappa shape index (κ1) is 13.1. The van der Waals surface area contributed by atoms with Crippen LogP contribution < -0.4 is 0 Å². The Morgan fingerprint density at radius 3 is 2.67 bits per heavy atom. The topological polar surface area (TPSA) is 17.1 Å². The van der Waals surface area contributed by atoms with Crippen LogP contribution in [-0.2, 0) is 0 Å². The molecular weight excluding hydrogens is 241 g/mol. The monoisotopic (exact) mass is 256 g/mol. The highest BCUT2D eigenvalue weighted by Crippen LogP contribution is 2.40. The minimum Gasteiger partial charge on any atom is -0.294 e. The molecule has 18 heavy (non-hydrogen) atoms. The van der Waals surface area contributed by atoms with Crippen LogP contribution in [-0.4, -0.2) is 11.7 Å². The number of rotatable bonds is 3. The van der Waals surface area contributed by atoms with E-state index in [1.807, 2.05) is 0 Å². The molecular formula is C14H15F3O. The van der Waals surface area contributed by atoms with Gasteiger partial charge in [0.05, 0.1) is 0 Å². The number of carbonyl (C=O) groups is 1. The first-order valence-corrected chi connectivity index (χ1v) is 6.04. The van der Waals surface area contributed by atoms with E-state index in [1.165, 1.54) is 12.1 Å². The highest BCUT2D eigenvalue weighted by molar-refractivity contribution is 5.96. The van der Waals surface area contributed by atoms with Crippen LogP contribution in [0, 0.1) is 18.7 Å². The van der Waals surface area contributed by atoms with Crippen LogP contribution in [0.3, 0.4) is 0 Å². The average Bonchev–Trinajstić information content (AvgIpc) is 2.56. The summed E-state index contributed by atoms with van der Waals surface area (Å²) < 4.78 is 39.2. The summed E-state index contributed by atoms with van der Waals surface area (Å²) >= 11 is 0. The van der Waals surface area contributed by atoms with Crippen molar-refractivity contribution < 1.29 is 18.0 Å². The molecule has 1 aliphatic rings. The van der Waals surface area contributed by atoms with Crippen LogP contribution in [0.2, 0.25) is 0 Å². The number of carbonyl (C=O) groups excluding carboxylic acids is 1. The van der Waals surface area contributed by atoms with E-state index in [4.69, 9.17) is 0 Å². The minimum absolute atomic E-state index is 0.0818. The Kier molecular flexibility index (Phi) is 3.46. The maximum Gasteiger partial charge on any atom is 0.248 e. The van der Waals surface area contributed by atoms with E-state index < -0.39 is 11.7 Å². The van der Waals surface area contributed by atoms with Gasteiger partial charge in [0.1, 0.15) is 5.82 Å². The fourth-order valence-electron chi connectivity index (χ4n) is 2.49. The molecule has 0 spiro atoms. The molecule has 1 aliphatic carbocycles. The van der Waals surface area contributed by atoms with E-state index in [9.17, 15) is 18.0 Å². The molecule has 1 saturated carbocycles. The molecule has 98 valence electrons. The summed E-state index contributed by atoms with van der Waals surface area (Å²) in [7, 11) is 0. The van der Waals surface area contributed by atoms with Gasteiger partial charge in [-0.1, -0.05) is 0 Å². The molecule has 1 unspecified atom stereocenters. The first-order chi connectivity index (χ1) is 8.35. The van der Waals surface area contributed by atoms with Crippen LogP contribution >= 0.6 is 0 Å². The van der Waals surface area contributed by atoms with Crippen molar-refractivity contribution in [1.82, 2.24) is 0 Å². The third kappa shape index (κ3) is 3.12. The number of halogens is 3. The van der Waals surface area contributed by atoms with Crippen molar-refractivity contribution in [2.24, 2.45) is 5.92 Å². The fraction of sp³-hybridized carbons (Fsp3) is 0.500. The molecule has 1 atom stereocenters. The lowest BCUT2D eigenvalue weighted by atomic mass is 9.96. The number of benzene rings is 1. The van der Waals surface area contributed by atoms with Gasteiger partial charge in [0.2, 0.25) is 5.92 Å². The van der Waals surface area contributed by atoms with E-state index in [0.717, 1.165) is 0 Å². The van der Waals surface area contributed by atoms with Crippen molar-refractivity contribution in [2.75, 3.05) is 0 Å². The quantitative estimate of drug-likeness (QED) is 0.743. The van der Waals surface area contributed by atoms with Gasteiger partial charge >= 0.3 is 0 Å². The smallest absolute Gasteiger partial charge is 0.248 e. The predicted octanol–water partition coefficient (Wildman–Crippen LogP) is 4.14. The SMILES string of the molecule is Cc1cc(F)cc(C(=O)CC2CCC(F)(F)C2)c1. The number of hydrogen-bond acceptors (Lipinski definition) is 1. The summed E-state index contributed by atoms with van der Waals surface area (Å²) in [6.45, 7) is 1.70. The molecule has 0 saturated heterocycles. The first-order valence-electron chi connectivity index (χ1n) is 6.04. The summed E-state index contributed by atoms with van der Waals surface area (Å²) in [6, 6.07) is 4.10. The second kappa shape index (κ2) is 4.75. The summed E-state index contributed by atoms with van der Waals surface area (Å²) in [6.07, 6.45) is 0.0751. The molecule has 4 heteroatoms. The van der Waals surface area contributed by atoms with Crippen LogP contribution in [0.4, 0.5) is 13.2 Å². The Hall–Kier alpha value is -1.32. The van der Waals surface area contributed by atoms with Crippen LogP contribution in [0.1, 0.15) is 41.6 Å². The molecule has 0 radical (unpaired) electrons. The Morgan fingerprint density at radius 2 is 2.11 bits per heavy atom. The highest BCUT2D eigenvalue weighted by Gasteiger charge is 2.39. The summed E-state index contributed by atoms with van der Waals surface area (Å²) in [4.78, 5) is 11.9. The lowest BCUT2D eigenvalue weighted by Crippen LogP contribution is -2.12. The van der Waals surface area contributed by atoms with Crippen LogP contribution in [0.25, 0.3) is 0 Å². The van der Waals surface area contributed by atoms with Crippen LogP contribution in [0.15, 0.2) is 18.2 Å². The van der Waals surface area contributed by atoms with E-state index in [1.54, 1.807) is 13.0 Å². The van der Waals surface area contributed by atoms with Gasteiger partial charge in [-0.25, -0.2) is 13.2 Å². The van der Waals surface area contributed by atoms with Gasteiger partial charge in [0.15, 0.2) is 5.78 Å². The third-order valence-corrected chi connectivity index (χ3v) is 3.34. The second-order valence-electron chi connectivity index (χ2n) is 5.11. The molecule has 0 N–H and O–H groups in total. The predicted molar refractivity (Wildman–Crippen MR) is 62.4 cm³/mol. The zero-order chi connectivity index (χ0) is 13.3. The average molecular weight is 256 g/mol. The van der Waals surface area contributed by atoms with E-state index >= 15 is 0 Å². The molecule has 2 rings (SSSR count). The van der Waals surface area contributed by atoms with Crippen molar-refractivity contribution in [3.8, 4) is 0 Å². The lowest BCUT2D eigenvalue weighted by molar-refractivity contribution is 0.00497. The lowest BCUT2D eigenvalue weighted by Gasteiger charge is -2.10. The van der Waals surface area contributed by atoms with Gasteiger partial charge in [0.25, 0.3) is 0 Å². The molecule has 0 bridgehead atoms. The number of aryl methyl sites for hydroxylation is 1. The largest absolute Gasteiger partial charge is 0.294 e. The molecule has 0 aromatic heterocycles. The summed E-state index contributed by atoms with van der Waals surface area (Å²) in [5.74, 6) is -3.63. The van der Waals surface area contributed by atoms with E-state index in [0.29, 0.717) is 12.0 Å². The minimum atomic E-state index is -2.64. The van der Waals surface area contributed by atoms with Crippen molar-refractivity contribution >= 4 is 5.78 Å². The van der Waals surface area contributed by atoms with Crippen molar-refractivity contribution in [2.45, 2.75) is 38.5 Å². The van der Waals surface area contributed by atoms with E-state index in [2.05, 4.69) is 0 Å². The molecule has 1 fully saturated rings. The number of hydrogen-bond donors (Lipinski definition) is 0.